The largest absolute Gasteiger partial charge is 0.481 e. The minimum absolute atomic E-state index is 0.0972. The van der Waals surface area contributed by atoms with E-state index in [0.29, 0.717) is 6.54 Å². The first-order chi connectivity index (χ1) is 8.04. The van der Waals surface area contributed by atoms with Gasteiger partial charge in [-0.25, -0.2) is 0 Å². The Labute approximate surface area is 100 Å². The second-order valence-electron chi connectivity index (χ2n) is 2.77. The van der Waals surface area contributed by atoms with Gasteiger partial charge in [-0.05, 0) is 13.0 Å². The normalized spacial score (nSPS) is 8.82. The quantitative estimate of drug-likeness (QED) is 0.390. The van der Waals surface area contributed by atoms with E-state index in [1.54, 1.807) is 12.2 Å². The molecule has 0 aromatic carbocycles. The lowest BCUT2D eigenvalue weighted by atomic mass is 10.3. The van der Waals surface area contributed by atoms with Crippen LogP contribution in [-0.2, 0) is 9.59 Å². The van der Waals surface area contributed by atoms with E-state index in [1.807, 2.05) is 0 Å². The molecule has 0 heterocycles. The lowest BCUT2D eigenvalue weighted by Crippen LogP contribution is -1.95. The molecule has 17 heavy (non-hydrogen) atoms. The maximum Gasteiger partial charge on any atom is 0.315 e. The third kappa shape index (κ3) is 25.0. The van der Waals surface area contributed by atoms with E-state index in [4.69, 9.17) is 21.7 Å². The highest BCUT2D eigenvalue weighted by atomic mass is 16.4. The Balaban J connectivity index is 0. The van der Waals surface area contributed by atoms with Crippen LogP contribution in [0.4, 0.5) is 0 Å². The third-order valence-corrected chi connectivity index (χ3v) is 1.26. The van der Waals surface area contributed by atoms with Gasteiger partial charge in [0.2, 0.25) is 0 Å². The van der Waals surface area contributed by atoms with Crippen molar-refractivity contribution in [3.63, 3.8) is 0 Å². The standard InChI is InChI=1S/C6H11NO2.C5H7NO2/c7-5-3-1-2-4-6(8)9;6-4-2-1-3-5(7)8/h1-2H,3-5,7H2,(H,8,9);3-4,6H2,(H,7,8)/b2-1+;. The number of carboxylic acids is 2. The number of aliphatic carboxylic acids is 2. The maximum atomic E-state index is 9.88. The molecule has 96 valence electrons. The molecule has 0 atom stereocenters. The van der Waals surface area contributed by atoms with E-state index in [1.165, 1.54) is 0 Å². The molecule has 0 aromatic rings. The summed E-state index contributed by atoms with van der Waals surface area (Å²) < 4.78 is 0. The van der Waals surface area contributed by atoms with Gasteiger partial charge in [0.15, 0.2) is 0 Å². The first kappa shape index (κ1) is 17.6. The average molecular weight is 242 g/mol. The van der Waals surface area contributed by atoms with Crippen LogP contribution in [0.15, 0.2) is 12.2 Å². The number of hydrogen-bond donors (Lipinski definition) is 4. The van der Waals surface area contributed by atoms with Crippen molar-refractivity contribution in [2.24, 2.45) is 11.5 Å². The molecule has 0 aliphatic rings. The zero-order valence-corrected chi connectivity index (χ0v) is 9.56. The number of carboxylic acid groups (broad SMARTS) is 2. The molecule has 0 saturated heterocycles. The summed E-state index contributed by atoms with van der Waals surface area (Å²) in [5, 5.41) is 16.1. The molecule has 0 aliphatic carbocycles. The van der Waals surface area contributed by atoms with Crippen molar-refractivity contribution in [2.75, 3.05) is 13.1 Å². The Morgan fingerprint density at radius 2 is 1.71 bits per heavy atom. The highest BCUT2D eigenvalue weighted by Gasteiger charge is 1.87. The molecule has 0 aromatic heterocycles. The van der Waals surface area contributed by atoms with Crippen LogP contribution >= 0.6 is 0 Å². The summed E-state index contributed by atoms with van der Waals surface area (Å²) >= 11 is 0. The van der Waals surface area contributed by atoms with Crippen LogP contribution in [0.3, 0.4) is 0 Å². The molecule has 6 heteroatoms. The summed E-state index contributed by atoms with van der Waals surface area (Å²) in [7, 11) is 0. The Morgan fingerprint density at radius 3 is 2.12 bits per heavy atom. The van der Waals surface area contributed by atoms with Crippen molar-refractivity contribution >= 4 is 11.9 Å². The predicted molar refractivity (Wildman–Crippen MR) is 64.1 cm³/mol. The highest BCUT2D eigenvalue weighted by molar-refractivity contribution is 5.69. The predicted octanol–water partition coefficient (Wildman–Crippen LogP) is -0.211. The van der Waals surface area contributed by atoms with E-state index < -0.39 is 11.9 Å². The molecule has 0 aliphatic heterocycles. The molecule has 0 bridgehead atoms. The van der Waals surface area contributed by atoms with Gasteiger partial charge in [-0.2, -0.15) is 0 Å². The van der Waals surface area contributed by atoms with Crippen LogP contribution in [0.5, 0.6) is 0 Å². The first-order valence-electron chi connectivity index (χ1n) is 4.99. The van der Waals surface area contributed by atoms with Crippen LogP contribution in [0.25, 0.3) is 0 Å². The fraction of sp³-hybridized carbons (Fsp3) is 0.455. The minimum atomic E-state index is -0.911. The van der Waals surface area contributed by atoms with E-state index in [2.05, 4.69) is 11.8 Å². The van der Waals surface area contributed by atoms with Crippen LogP contribution in [0, 0.1) is 11.8 Å². The topological polar surface area (TPSA) is 127 Å². The number of carbonyl (C=O) groups is 2. The second-order valence-corrected chi connectivity index (χ2v) is 2.77. The van der Waals surface area contributed by atoms with E-state index in [9.17, 15) is 9.59 Å². The molecule has 0 saturated carbocycles. The lowest BCUT2D eigenvalue weighted by Gasteiger charge is -1.83. The molecular weight excluding hydrogens is 224 g/mol. The SMILES string of the molecule is NCC#CCC(=O)O.NCC/C=C/CC(=O)O. The highest BCUT2D eigenvalue weighted by Crippen LogP contribution is 1.84. The summed E-state index contributed by atoms with van der Waals surface area (Å²) in [6.07, 6.45) is 4.12. The number of nitrogens with two attached hydrogens (primary N) is 2. The van der Waals surface area contributed by atoms with Gasteiger partial charge in [-0.3, -0.25) is 9.59 Å². The number of hydrogen-bond acceptors (Lipinski definition) is 4. The number of rotatable bonds is 5. The Morgan fingerprint density at radius 1 is 1.06 bits per heavy atom. The monoisotopic (exact) mass is 242 g/mol. The van der Waals surface area contributed by atoms with Crippen LogP contribution in [-0.4, -0.2) is 35.2 Å². The fourth-order valence-corrected chi connectivity index (χ4v) is 0.609. The fourth-order valence-electron chi connectivity index (χ4n) is 0.609. The average Bonchev–Trinajstić information content (AvgIpc) is 2.25. The minimum Gasteiger partial charge on any atom is -0.481 e. The van der Waals surface area contributed by atoms with E-state index in [-0.39, 0.29) is 19.4 Å². The van der Waals surface area contributed by atoms with Crippen molar-refractivity contribution in [3.8, 4) is 11.8 Å². The lowest BCUT2D eigenvalue weighted by molar-refractivity contribution is -0.136. The van der Waals surface area contributed by atoms with Gasteiger partial charge in [0.1, 0.15) is 6.42 Å². The van der Waals surface area contributed by atoms with Crippen LogP contribution in [0.1, 0.15) is 19.3 Å². The molecule has 0 fully saturated rings. The van der Waals surface area contributed by atoms with E-state index >= 15 is 0 Å². The second kappa shape index (κ2) is 14.2. The smallest absolute Gasteiger partial charge is 0.315 e. The zero-order chi connectivity index (χ0) is 13.5. The van der Waals surface area contributed by atoms with Gasteiger partial charge in [0.05, 0.1) is 13.0 Å². The molecule has 0 spiro atoms. The summed E-state index contributed by atoms with van der Waals surface area (Å²) in [6.45, 7) is 0.809. The molecule has 0 radical (unpaired) electrons. The summed E-state index contributed by atoms with van der Waals surface area (Å²) in [5.74, 6) is 3.07. The molecule has 6 nitrogen and oxygen atoms in total. The Bertz CT molecular complexity index is 302. The Hall–Kier alpha value is -1.84. The van der Waals surface area contributed by atoms with Crippen molar-refractivity contribution in [2.45, 2.75) is 19.3 Å². The molecule has 6 N–H and O–H groups in total. The van der Waals surface area contributed by atoms with Crippen LogP contribution in [0.2, 0.25) is 0 Å². The van der Waals surface area contributed by atoms with Crippen molar-refractivity contribution in [1.29, 1.82) is 0 Å². The van der Waals surface area contributed by atoms with Gasteiger partial charge >= 0.3 is 11.9 Å². The molecular formula is C11H18N2O4. The van der Waals surface area contributed by atoms with Gasteiger partial charge in [-0.15, -0.1) is 0 Å². The van der Waals surface area contributed by atoms with Gasteiger partial charge in [0.25, 0.3) is 0 Å². The summed E-state index contributed by atoms with van der Waals surface area (Å²) in [5.41, 5.74) is 10.1. The summed E-state index contributed by atoms with van der Waals surface area (Å²) in [6, 6.07) is 0. The third-order valence-electron chi connectivity index (χ3n) is 1.26. The van der Waals surface area contributed by atoms with Gasteiger partial charge < -0.3 is 21.7 Å². The first-order valence-corrected chi connectivity index (χ1v) is 4.99. The summed E-state index contributed by atoms with van der Waals surface area (Å²) in [4.78, 5) is 19.6. The van der Waals surface area contributed by atoms with Gasteiger partial charge in [-0.1, -0.05) is 24.0 Å². The van der Waals surface area contributed by atoms with Crippen LogP contribution < -0.4 is 11.5 Å². The van der Waals surface area contributed by atoms with Crippen molar-refractivity contribution in [3.05, 3.63) is 12.2 Å². The van der Waals surface area contributed by atoms with Gasteiger partial charge in [0, 0.05) is 0 Å². The van der Waals surface area contributed by atoms with Crippen molar-refractivity contribution in [1.82, 2.24) is 0 Å². The molecule has 0 unspecified atom stereocenters. The Kier molecular flexibility index (Phi) is 14.6. The molecule has 0 amide bonds. The zero-order valence-electron chi connectivity index (χ0n) is 9.56. The molecule has 0 rings (SSSR count). The van der Waals surface area contributed by atoms with E-state index in [0.717, 1.165) is 6.42 Å². The van der Waals surface area contributed by atoms with Crippen molar-refractivity contribution < 1.29 is 19.8 Å². The maximum absolute atomic E-state index is 9.88.